The first-order valence-corrected chi connectivity index (χ1v) is 11.1. The quantitative estimate of drug-likeness (QED) is 0.297. The summed E-state index contributed by atoms with van der Waals surface area (Å²) in [5.41, 5.74) is 6.62. The molecule has 0 aliphatic carbocycles. The molecule has 4 aromatic heterocycles. The van der Waals surface area contributed by atoms with Crippen LogP contribution in [0.3, 0.4) is 0 Å². The summed E-state index contributed by atoms with van der Waals surface area (Å²) in [5.74, 6) is 1.47. The molecular weight excluding hydrogens is 420 g/mol. The summed E-state index contributed by atoms with van der Waals surface area (Å²) >= 11 is 0. The van der Waals surface area contributed by atoms with Crippen LogP contribution in [-0.4, -0.2) is 19.5 Å². The molecule has 0 aliphatic heterocycles. The second-order valence-electron chi connectivity index (χ2n) is 8.16. The molecule has 7 rings (SSSR count). The van der Waals surface area contributed by atoms with E-state index in [1.165, 1.54) is 0 Å². The third-order valence-electron chi connectivity index (χ3n) is 6.15. The van der Waals surface area contributed by atoms with E-state index in [0.717, 1.165) is 55.5 Å². The Kier molecular flexibility index (Phi) is 4.08. The van der Waals surface area contributed by atoms with Gasteiger partial charge in [-0.1, -0.05) is 42.5 Å². The van der Waals surface area contributed by atoms with Gasteiger partial charge in [0.1, 0.15) is 11.3 Å². The molecule has 0 unspecified atom stereocenters. The van der Waals surface area contributed by atoms with E-state index in [0.29, 0.717) is 5.89 Å². The summed E-state index contributed by atoms with van der Waals surface area (Å²) in [6, 6.07) is 32.5. The van der Waals surface area contributed by atoms with Gasteiger partial charge in [-0.05, 0) is 54.6 Å². The summed E-state index contributed by atoms with van der Waals surface area (Å²) in [5, 5.41) is 2.15. The summed E-state index contributed by atoms with van der Waals surface area (Å²) in [4.78, 5) is 13.9. The topological polar surface area (TPSA) is 56.7 Å². The fraction of sp³-hybridized carbons (Fsp3) is 0. The van der Waals surface area contributed by atoms with E-state index in [2.05, 4.69) is 39.9 Å². The van der Waals surface area contributed by atoms with Crippen molar-refractivity contribution in [2.45, 2.75) is 0 Å². The number of hydrogen-bond acceptors (Lipinski definition) is 4. The molecule has 5 heteroatoms. The third-order valence-corrected chi connectivity index (χ3v) is 6.15. The SMILES string of the molecule is c1ccc(-c2nc3ccc4c(c5ccccc5n4-c4cccc(-c5ccncc5)n4)c3o2)cc1. The molecule has 0 atom stereocenters. The minimum Gasteiger partial charge on any atom is -0.435 e. The van der Waals surface area contributed by atoms with Crippen LogP contribution in [0.25, 0.3) is 61.4 Å². The van der Waals surface area contributed by atoms with Gasteiger partial charge in [-0.2, -0.15) is 0 Å². The Labute approximate surface area is 195 Å². The first kappa shape index (κ1) is 18.8. The predicted molar refractivity (Wildman–Crippen MR) is 135 cm³/mol. The van der Waals surface area contributed by atoms with Crippen molar-refractivity contribution in [3.05, 3.63) is 109 Å². The van der Waals surface area contributed by atoms with Gasteiger partial charge in [0, 0.05) is 28.9 Å². The highest BCUT2D eigenvalue weighted by Gasteiger charge is 2.19. The molecule has 0 saturated heterocycles. The highest BCUT2D eigenvalue weighted by atomic mass is 16.3. The van der Waals surface area contributed by atoms with Gasteiger partial charge in [0.2, 0.25) is 5.89 Å². The molecule has 0 spiro atoms. The molecule has 7 aromatic rings. The first-order valence-electron chi connectivity index (χ1n) is 11.1. The Bertz CT molecular complexity index is 1800. The lowest BCUT2D eigenvalue weighted by Gasteiger charge is -2.09. The fourth-order valence-corrected chi connectivity index (χ4v) is 4.62. The van der Waals surface area contributed by atoms with Gasteiger partial charge in [-0.3, -0.25) is 9.55 Å². The zero-order chi connectivity index (χ0) is 22.5. The first-order chi connectivity index (χ1) is 16.9. The zero-order valence-electron chi connectivity index (χ0n) is 18.1. The van der Waals surface area contributed by atoms with Crippen LogP contribution < -0.4 is 0 Å². The molecule has 0 radical (unpaired) electrons. The maximum atomic E-state index is 6.37. The van der Waals surface area contributed by atoms with Gasteiger partial charge >= 0.3 is 0 Å². The van der Waals surface area contributed by atoms with E-state index in [4.69, 9.17) is 14.4 Å². The molecule has 0 N–H and O–H groups in total. The minimum absolute atomic E-state index is 0.623. The number of pyridine rings is 2. The number of rotatable bonds is 3. The molecule has 0 fully saturated rings. The van der Waals surface area contributed by atoms with Crippen molar-refractivity contribution in [2.24, 2.45) is 0 Å². The molecule has 0 saturated carbocycles. The zero-order valence-corrected chi connectivity index (χ0v) is 18.1. The molecule has 34 heavy (non-hydrogen) atoms. The van der Waals surface area contributed by atoms with Crippen LogP contribution in [0.4, 0.5) is 0 Å². The van der Waals surface area contributed by atoms with Crippen LogP contribution in [0.2, 0.25) is 0 Å². The maximum Gasteiger partial charge on any atom is 0.227 e. The van der Waals surface area contributed by atoms with Gasteiger partial charge in [-0.15, -0.1) is 0 Å². The lowest BCUT2D eigenvalue weighted by atomic mass is 10.1. The summed E-state index contributed by atoms with van der Waals surface area (Å²) < 4.78 is 8.56. The number of para-hydroxylation sites is 1. The number of benzene rings is 3. The smallest absolute Gasteiger partial charge is 0.227 e. The van der Waals surface area contributed by atoms with Crippen molar-refractivity contribution in [2.75, 3.05) is 0 Å². The Morgan fingerprint density at radius 3 is 2.32 bits per heavy atom. The molecule has 5 nitrogen and oxygen atoms in total. The lowest BCUT2D eigenvalue weighted by Crippen LogP contribution is -1.98. The molecular formula is C29H18N4O. The number of aromatic nitrogens is 4. The average Bonchev–Trinajstić information content (AvgIpc) is 3.49. The van der Waals surface area contributed by atoms with Gasteiger partial charge in [0.25, 0.3) is 0 Å². The Morgan fingerprint density at radius 1 is 0.618 bits per heavy atom. The Morgan fingerprint density at radius 2 is 1.44 bits per heavy atom. The van der Waals surface area contributed by atoms with Crippen LogP contribution in [0.1, 0.15) is 0 Å². The fourth-order valence-electron chi connectivity index (χ4n) is 4.62. The molecule has 0 aliphatic rings. The van der Waals surface area contributed by atoms with Crippen LogP contribution in [0, 0.1) is 0 Å². The van der Waals surface area contributed by atoms with E-state index >= 15 is 0 Å². The Balaban J connectivity index is 1.52. The van der Waals surface area contributed by atoms with Crippen molar-refractivity contribution in [3.8, 4) is 28.5 Å². The van der Waals surface area contributed by atoms with Crippen molar-refractivity contribution in [1.82, 2.24) is 19.5 Å². The monoisotopic (exact) mass is 438 g/mol. The standard InChI is InChI=1S/C29H18N4O/c1-2-7-20(8-3-1)29-32-23-13-14-25-27(28(23)34-29)21-9-4-5-11-24(21)33(25)26-12-6-10-22(31-26)19-15-17-30-18-16-19/h1-18H. The highest BCUT2D eigenvalue weighted by Crippen LogP contribution is 2.38. The second-order valence-corrected chi connectivity index (χ2v) is 8.16. The number of fused-ring (bicyclic) bond motifs is 5. The number of oxazole rings is 1. The third kappa shape index (κ3) is 2.84. The minimum atomic E-state index is 0.623. The molecule has 0 amide bonds. The van der Waals surface area contributed by atoms with Crippen LogP contribution >= 0.6 is 0 Å². The molecule has 4 heterocycles. The predicted octanol–water partition coefficient (Wildman–Crippen LogP) is 7.05. The van der Waals surface area contributed by atoms with Crippen molar-refractivity contribution >= 4 is 32.9 Å². The lowest BCUT2D eigenvalue weighted by molar-refractivity contribution is 0.623. The van der Waals surface area contributed by atoms with Gasteiger partial charge in [0.05, 0.1) is 22.1 Å². The van der Waals surface area contributed by atoms with Gasteiger partial charge in [0.15, 0.2) is 5.58 Å². The largest absolute Gasteiger partial charge is 0.435 e. The van der Waals surface area contributed by atoms with Crippen LogP contribution in [0.15, 0.2) is 114 Å². The number of nitrogens with zero attached hydrogens (tertiary/aromatic N) is 4. The van der Waals surface area contributed by atoms with E-state index in [1.54, 1.807) is 12.4 Å². The van der Waals surface area contributed by atoms with Crippen molar-refractivity contribution < 1.29 is 4.42 Å². The normalized spacial score (nSPS) is 11.5. The van der Waals surface area contributed by atoms with Gasteiger partial charge < -0.3 is 4.42 Å². The van der Waals surface area contributed by atoms with Gasteiger partial charge in [-0.25, -0.2) is 9.97 Å². The Hall–Kier alpha value is -4.77. The van der Waals surface area contributed by atoms with E-state index in [9.17, 15) is 0 Å². The van der Waals surface area contributed by atoms with Crippen molar-refractivity contribution in [1.29, 1.82) is 0 Å². The maximum absolute atomic E-state index is 6.37. The van der Waals surface area contributed by atoms with E-state index in [-0.39, 0.29) is 0 Å². The second kappa shape index (κ2) is 7.39. The van der Waals surface area contributed by atoms with Crippen LogP contribution in [0.5, 0.6) is 0 Å². The van der Waals surface area contributed by atoms with Crippen molar-refractivity contribution in [3.63, 3.8) is 0 Å². The molecule has 0 bridgehead atoms. The van der Waals surface area contributed by atoms with E-state index in [1.807, 2.05) is 66.7 Å². The summed E-state index contributed by atoms with van der Waals surface area (Å²) in [6.07, 6.45) is 3.57. The van der Waals surface area contributed by atoms with Crippen LogP contribution in [-0.2, 0) is 0 Å². The number of hydrogen-bond donors (Lipinski definition) is 0. The summed E-state index contributed by atoms with van der Waals surface area (Å²) in [7, 11) is 0. The molecule has 3 aromatic carbocycles. The highest BCUT2D eigenvalue weighted by molar-refractivity contribution is 6.19. The average molecular weight is 438 g/mol. The molecule has 160 valence electrons. The summed E-state index contributed by atoms with van der Waals surface area (Å²) in [6.45, 7) is 0. The van der Waals surface area contributed by atoms with E-state index < -0.39 is 0 Å².